The number of hydrogen-bond acceptors (Lipinski definition) is 5. The van der Waals surface area contributed by atoms with Crippen LogP contribution in [0.4, 0.5) is 5.69 Å². The number of rotatable bonds is 13. The number of anilines is 1. The lowest BCUT2D eigenvalue weighted by Crippen LogP contribution is -2.53. The number of hydrogen-bond donors (Lipinski definition) is 1. The van der Waals surface area contributed by atoms with Crippen molar-refractivity contribution in [1.29, 1.82) is 0 Å². The van der Waals surface area contributed by atoms with E-state index in [2.05, 4.69) is 5.32 Å². The van der Waals surface area contributed by atoms with Crippen molar-refractivity contribution in [3.63, 3.8) is 0 Å². The lowest BCUT2D eigenvalue weighted by molar-refractivity contribution is -0.140. The van der Waals surface area contributed by atoms with Crippen molar-refractivity contribution in [3.05, 3.63) is 124 Å². The van der Waals surface area contributed by atoms with Crippen molar-refractivity contribution >= 4 is 50.7 Å². The summed E-state index contributed by atoms with van der Waals surface area (Å²) in [5.41, 5.74) is 1.50. The maximum Gasteiger partial charge on any atom is 0.264 e. The first-order chi connectivity index (χ1) is 21.1. The Labute approximate surface area is 268 Å². The fourth-order valence-electron chi connectivity index (χ4n) is 4.70. The molecule has 4 rings (SSSR count). The molecular formula is C33H33Cl2N3O5S. The molecule has 44 heavy (non-hydrogen) atoms. The molecule has 1 atom stereocenters. The Morgan fingerprint density at radius 1 is 0.841 bits per heavy atom. The molecule has 0 saturated heterocycles. The zero-order chi connectivity index (χ0) is 31.7. The molecule has 0 aliphatic rings. The number of carbonyl (C=O) groups excluding carboxylic acids is 2. The van der Waals surface area contributed by atoms with Gasteiger partial charge < -0.3 is 15.0 Å². The number of halogens is 2. The second-order valence-corrected chi connectivity index (χ2v) is 12.5. The monoisotopic (exact) mass is 653 g/mol. The molecule has 230 valence electrons. The van der Waals surface area contributed by atoms with Crippen LogP contribution in [0.1, 0.15) is 18.1 Å². The van der Waals surface area contributed by atoms with Crippen LogP contribution in [0.15, 0.2) is 108 Å². The normalized spacial score (nSPS) is 11.8. The van der Waals surface area contributed by atoms with E-state index in [1.165, 1.54) is 24.1 Å². The van der Waals surface area contributed by atoms with Gasteiger partial charge in [-0.3, -0.25) is 13.9 Å². The first-order valence-electron chi connectivity index (χ1n) is 13.9. The molecule has 0 bridgehead atoms. The lowest BCUT2D eigenvalue weighted by atomic mass is 10.0. The third-order valence-corrected chi connectivity index (χ3v) is 9.48. The van der Waals surface area contributed by atoms with E-state index in [9.17, 15) is 18.0 Å². The van der Waals surface area contributed by atoms with Crippen LogP contribution in [0.2, 0.25) is 10.0 Å². The highest BCUT2D eigenvalue weighted by molar-refractivity contribution is 7.92. The van der Waals surface area contributed by atoms with Crippen LogP contribution in [0.5, 0.6) is 5.75 Å². The molecule has 1 N–H and O–H groups in total. The summed E-state index contributed by atoms with van der Waals surface area (Å²) in [5, 5.41) is 3.45. The van der Waals surface area contributed by atoms with Gasteiger partial charge in [0.05, 0.1) is 17.7 Å². The molecule has 0 aromatic heterocycles. The first kappa shape index (κ1) is 32.9. The number of benzene rings is 4. The Morgan fingerprint density at radius 3 is 2.00 bits per heavy atom. The molecule has 0 saturated carbocycles. The number of ether oxygens (including phenoxy) is 1. The zero-order valence-corrected chi connectivity index (χ0v) is 26.6. The molecule has 0 aliphatic carbocycles. The highest BCUT2D eigenvalue weighted by atomic mass is 35.5. The highest BCUT2D eigenvalue weighted by Gasteiger charge is 2.35. The number of methoxy groups -OCH3 is 1. The van der Waals surface area contributed by atoms with Gasteiger partial charge in [-0.05, 0) is 61.0 Å². The van der Waals surface area contributed by atoms with Crippen LogP contribution in [0.25, 0.3) is 0 Å². The van der Waals surface area contributed by atoms with Crippen molar-refractivity contribution in [1.82, 2.24) is 10.2 Å². The maximum atomic E-state index is 14.4. The average molecular weight is 655 g/mol. The smallest absolute Gasteiger partial charge is 0.264 e. The van der Waals surface area contributed by atoms with E-state index in [0.717, 1.165) is 9.87 Å². The predicted octanol–water partition coefficient (Wildman–Crippen LogP) is 5.97. The van der Waals surface area contributed by atoms with Crippen molar-refractivity contribution in [2.75, 3.05) is 24.5 Å². The van der Waals surface area contributed by atoms with Crippen LogP contribution in [0.3, 0.4) is 0 Å². The molecule has 0 unspecified atom stereocenters. The minimum Gasteiger partial charge on any atom is -0.497 e. The first-order valence-corrected chi connectivity index (χ1v) is 16.1. The van der Waals surface area contributed by atoms with Crippen LogP contribution >= 0.6 is 23.2 Å². The van der Waals surface area contributed by atoms with E-state index < -0.39 is 34.4 Å². The Kier molecular flexibility index (Phi) is 11.3. The van der Waals surface area contributed by atoms with Gasteiger partial charge in [0.15, 0.2) is 0 Å². The molecule has 8 nitrogen and oxygen atoms in total. The van der Waals surface area contributed by atoms with Gasteiger partial charge >= 0.3 is 0 Å². The van der Waals surface area contributed by atoms with Crippen LogP contribution in [-0.4, -0.2) is 51.4 Å². The summed E-state index contributed by atoms with van der Waals surface area (Å²) in [6.45, 7) is 1.38. The minimum absolute atomic E-state index is 0.00822. The van der Waals surface area contributed by atoms with E-state index in [-0.39, 0.29) is 23.5 Å². The number of amides is 2. The summed E-state index contributed by atoms with van der Waals surface area (Å²) in [4.78, 5) is 29.4. The fourth-order valence-corrected chi connectivity index (χ4v) is 6.65. The van der Waals surface area contributed by atoms with Gasteiger partial charge in [0.1, 0.15) is 18.3 Å². The Bertz CT molecular complexity index is 1650. The summed E-state index contributed by atoms with van der Waals surface area (Å²) in [5.74, 6) is -0.496. The van der Waals surface area contributed by atoms with E-state index >= 15 is 0 Å². The van der Waals surface area contributed by atoms with Gasteiger partial charge in [-0.1, -0.05) is 77.8 Å². The number of sulfonamides is 1. The quantitative estimate of drug-likeness (QED) is 0.192. The Hall–Kier alpha value is -4.05. The molecule has 4 aromatic rings. The molecule has 0 aliphatic heterocycles. The van der Waals surface area contributed by atoms with E-state index in [1.807, 2.05) is 30.3 Å². The van der Waals surface area contributed by atoms with Gasteiger partial charge in [-0.15, -0.1) is 0 Å². The van der Waals surface area contributed by atoms with E-state index in [1.54, 1.807) is 67.6 Å². The Balaban J connectivity index is 1.82. The molecule has 0 fully saturated rings. The van der Waals surface area contributed by atoms with Crippen molar-refractivity contribution in [2.24, 2.45) is 0 Å². The number of carbonyl (C=O) groups is 2. The topological polar surface area (TPSA) is 96.0 Å². The predicted molar refractivity (Wildman–Crippen MR) is 174 cm³/mol. The third kappa shape index (κ3) is 7.91. The highest BCUT2D eigenvalue weighted by Crippen LogP contribution is 2.29. The number of nitrogens with zero attached hydrogens (tertiary/aromatic N) is 2. The standard InChI is InChI=1S/C33H33Cl2N3O5S/c1-3-36-33(40)31(21-24-11-6-4-7-12-24)37(22-28-29(34)15-10-16-30(28)35)32(39)23-38(25-17-19-26(43-2)20-18-25)44(41,42)27-13-8-5-9-14-27/h4-20,31H,3,21-23H2,1-2H3,(H,36,40)/t31-/m1/s1. The second-order valence-electron chi connectivity index (χ2n) is 9.84. The summed E-state index contributed by atoms with van der Waals surface area (Å²) in [7, 11) is -2.71. The average Bonchev–Trinajstić information content (AvgIpc) is 3.03. The SMILES string of the molecule is CCNC(=O)[C@@H](Cc1ccccc1)N(Cc1c(Cl)cccc1Cl)C(=O)CN(c1ccc(OC)cc1)S(=O)(=O)c1ccccc1. The van der Waals surface area contributed by atoms with Crippen LogP contribution in [0, 0.1) is 0 Å². The molecule has 4 aromatic carbocycles. The van der Waals surface area contributed by atoms with Gasteiger partial charge in [0.25, 0.3) is 10.0 Å². The Morgan fingerprint density at radius 2 is 1.43 bits per heavy atom. The van der Waals surface area contributed by atoms with Crippen molar-refractivity contribution in [3.8, 4) is 5.75 Å². The second kappa shape index (κ2) is 15.1. The van der Waals surface area contributed by atoms with E-state index in [4.69, 9.17) is 27.9 Å². The maximum absolute atomic E-state index is 14.4. The van der Waals surface area contributed by atoms with Gasteiger partial charge in [0.2, 0.25) is 11.8 Å². The molecule has 0 heterocycles. The summed E-state index contributed by atoms with van der Waals surface area (Å²) >= 11 is 13.1. The minimum atomic E-state index is -4.21. The van der Waals surface area contributed by atoms with Crippen molar-refractivity contribution < 1.29 is 22.7 Å². The fraction of sp³-hybridized carbons (Fsp3) is 0.212. The number of nitrogens with one attached hydrogen (secondary N) is 1. The summed E-state index contributed by atoms with van der Waals surface area (Å²) < 4.78 is 34.3. The van der Waals surface area contributed by atoms with Gasteiger partial charge in [0, 0.05) is 35.1 Å². The molecule has 0 radical (unpaired) electrons. The molecular weight excluding hydrogens is 621 g/mol. The lowest BCUT2D eigenvalue weighted by Gasteiger charge is -2.34. The molecule has 2 amide bonds. The summed E-state index contributed by atoms with van der Waals surface area (Å²) in [6, 6.07) is 27.4. The largest absolute Gasteiger partial charge is 0.497 e. The molecule has 0 spiro atoms. The third-order valence-electron chi connectivity index (χ3n) is 6.98. The zero-order valence-electron chi connectivity index (χ0n) is 24.3. The van der Waals surface area contributed by atoms with Crippen LogP contribution < -0.4 is 14.4 Å². The number of likely N-dealkylation sites (N-methyl/N-ethyl adjacent to an activating group) is 1. The van der Waals surface area contributed by atoms with Crippen molar-refractivity contribution in [2.45, 2.75) is 30.8 Å². The van der Waals surface area contributed by atoms with Gasteiger partial charge in [-0.2, -0.15) is 0 Å². The van der Waals surface area contributed by atoms with Gasteiger partial charge in [-0.25, -0.2) is 8.42 Å². The summed E-state index contributed by atoms with van der Waals surface area (Å²) in [6.07, 6.45) is 0.175. The van der Waals surface area contributed by atoms with Crippen LogP contribution in [-0.2, 0) is 32.6 Å². The molecule has 11 heteroatoms. The van der Waals surface area contributed by atoms with E-state index in [0.29, 0.717) is 27.9 Å².